The lowest BCUT2D eigenvalue weighted by molar-refractivity contribution is 0.205. The minimum absolute atomic E-state index is 0.0521. The molecular weight excluding hydrogens is 292 g/mol. The van der Waals surface area contributed by atoms with Gasteiger partial charge >= 0.3 is 12.2 Å². The third kappa shape index (κ3) is 2.66. The average molecular weight is 306 g/mol. The van der Waals surface area contributed by atoms with E-state index >= 15 is 0 Å². The zero-order valence-electron chi connectivity index (χ0n) is 11.9. The highest BCUT2D eigenvalue weighted by atomic mass is 16.6. The maximum atomic E-state index is 11.1. The van der Waals surface area contributed by atoms with Gasteiger partial charge in [0.25, 0.3) is 0 Å². The molecule has 0 aliphatic heterocycles. The van der Waals surface area contributed by atoms with Crippen LogP contribution in [0.15, 0.2) is 24.3 Å². The summed E-state index contributed by atoms with van der Waals surface area (Å²) >= 11 is 0. The molecule has 0 bridgehead atoms. The van der Waals surface area contributed by atoms with Crippen LogP contribution in [0.1, 0.15) is 0 Å². The molecule has 0 saturated heterocycles. The van der Waals surface area contributed by atoms with Crippen molar-refractivity contribution < 1.29 is 28.5 Å². The van der Waals surface area contributed by atoms with Gasteiger partial charge in [-0.25, -0.2) is 9.59 Å². The van der Waals surface area contributed by atoms with Gasteiger partial charge in [-0.1, -0.05) is 24.3 Å². The Bertz CT molecular complexity index is 681. The standard InChI is InChI=1S/C14H14N2O6/c1-19-11-9(21-13(15)17)7-5-3-4-6-8(7)10(12(11)20-2)22-14(16)18/h3-6H,1-2H3,(H2,15,17)(H2,16,18). The van der Waals surface area contributed by atoms with Crippen LogP contribution in [0.2, 0.25) is 0 Å². The average Bonchev–Trinajstić information content (AvgIpc) is 2.48. The van der Waals surface area contributed by atoms with E-state index in [0.29, 0.717) is 10.8 Å². The lowest BCUT2D eigenvalue weighted by Gasteiger charge is -2.18. The lowest BCUT2D eigenvalue weighted by atomic mass is 10.1. The van der Waals surface area contributed by atoms with Crippen LogP contribution in [-0.2, 0) is 0 Å². The molecule has 0 fully saturated rings. The number of rotatable bonds is 4. The number of ether oxygens (including phenoxy) is 4. The number of carbonyl (C=O) groups excluding carboxylic acids is 2. The van der Waals surface area contributed by atoms with Gasteiger partial charge in [0, 0.05) is 10.8 Å². The molecule has 0 aliphatic carbocycles. The van der Waals surface area contributed by atoms with E-state index in [1.807, 2.05) is 0 Å². The Morgan fingerprint density at radius 3 is 1.41 bits per heavy atom. The first kappa shape index (κ1) is 15.2. The van der Waals surface area contributed by atoms with Crippen molar-refractivity contribution in [2.45, 2.75) is 0 Å². The van der Waals surface area contributed by atoms with Gasteiger partial charge in [-0.3, -0.25) is 0 Å². The first-order valence-electron chi connectivity index (χ1n) is 6.10. The van der Waals surface area contributed by atoms with Crippen molar-refractivity contribution in [1.82, 2.24) is 0 Å². The summed E-state index contributed by atoms with van der Waals surface area (Å²) in [6, 6.07) is 6.69. The molecule has 0 aromatic heterocycles. The molecule has 0 atom stereocenters. The summed E-state index contributed by atoms with van der Waals surface area (Å²) < 4.78 is 20.4. The van der Waals surface area contributed by atoms with Crippen molar-refractivity contribution in [3.05, 3.63) is 24.3 Å². The van der Waals surface area contributed by atoms with Crippen LogP contribution in [0.25, 0.3) is 10.8 Å². The largest absolute Gasteiger partial charge is 0.490 e. The molecule has 2 rings (SSSR count). The molecule has 2 amide bonds. The molecule has 0 unspecified atom stereocenters. The first-order chi connectivity index (χ1) is 10.5. The zero-order valence-corrected chi connectivity index (χ0v) is 11.9. The van der Waals surface area contributed by atoms with E-state index in [1.54, 1.807) is 24.3 Å². The van der Waals surface area contributed by atoms with E-state index in [-0.39, 0.29) is 23.0 Å². The van der Waals surface area contributed by atoms with Crippen molar-refractivity contribution in [2.75, 3.05) is 14.2 Å². The van der Waals surface area contributed by atoms with Crippen molar-refractivity contribution >= 4 is 23.0 Å². The van der Waals surface area contributed by atoms with Crippen molar-refractivity contribution in [3.8, 4) is 23.0 Å². The smallest absolute Gasteiger partial charge is 0.410 e. The number of carbonyl (C=O) groups is 2. The fourth-order valence-corrected chi connectivity index (χ4v) is 2.10. The number of primary amides is 2. The van der Waals surface area contributed by atoms with Crippen molar-refractivity contribution in [3.63, 3.8) is 0 Å². The van der Waals surface area contributed by atoms with Crippen LogP contribution in [0.3, 0.4) is 0 Å². The third-order valence-electron chi connectivity index (χ3n) is 2.85. The van der Waals surface area contributed by atoms with E-state index < -0.39 is 12.2 Å². The minimum Gasteiger partial charge on any atom is -0.490 e. The normalized spacial score (nSPS) is 10.1. The highest BCUT2D eigenvalue weighted by Crippen LogP contribution is 2.50. The number of nitrogens with two attached hydrogens (primary N) is 2. The van der Waals surface area contributed by atoms with Crippen LogP contribution in [-0.4, -0.2) is 26.4 Å². The van der Waals surface area contributed by atoms with E-state index in [1.165, 1.54) is 14.2 Å². The summed E-state index contributed by atoms with van der Waals surface area (Å²) in [6.07, 6.45) is -2.04. The zero-order chi connectivity index (χ0) is 16.3. The number of fused-ring (bicyclic) bond motifs is 1. The molecule has 0 saturated carbocycles. The molecule has 8 heteroatoms. The second kappa shape index (κ2) is 6.08. The molecule has 8 nitrogen and oxygen atoms in total. The van der Waals surface area contributed by atoms with Crippen LogP contribution in [0.4, 0.5) is 9.59 Å². The van der Waals surface area contributed by atoms with Gasteiger partial charge in [0.05, 0.1) is 14.2 Å². The molecule has 4 N–H and O–H groups in total. The summed E-state index contributed by atoms with van der Waals surface area (Å²) in [5.41, 5.74) is 10.2. The Kier molecular flexibility index (Phi) is 4.21. The number of methoxy groups -OCH3 is 2. The van der Waals surface area contributed by atoms with E-state index in [0.717, 1.165) is 0 Å². The van der Waals surface area contributed by atoms with Gasteiger partial charge in [0.1, 0.15) is 0 Å². The molecular formula is C14H14N2O6. The predicted molar refractivity (Wildman–Crippen MR) is 77.5 cm³/mol. The first-order valence-corrected chi connectivity index (χ1v) is 6.10. The second-order valence-corrected chi connectivity index (χ2v) is 4.11. The molecule has 0 spiro atoms. The van der Waals surface area contributed by atoms with Gasteiger partial charge in [-0.15, -0.1) is 0 Å². The summed E-state index contributed by atoms with van der Waals surface area (Å²) in [5.74, 6) is 0.214. The maximum absolute atomic E-state index is 11.1. The molecule has 0 aliphatic rings. The molecule has 0 heterocycles. The lowest BCUT2D eigenvalue weighted by Crippen LogP contribution is -2.19. The summed E-state index contributed by atoms with van der Waals surface area (Å²) in [4.78, 5) is 22.3. The highest BCUT2D eigenvalue weighted by Gasteiger charge is 2.25. The molecule has 2 aromatic carbocycles. The molecule has 0 radical (unpaired) electrons. The predicted octanol–water partition coefficient (Wildman–Crippen LogP) is 1.77. The van der Waals surface area contributed by atoms with E-state index in [4.69, 9.17) is 30.4 Å². The second-order valence-electron chi connectivity index (χ2n) is 4.11. The highest BCUT2D eigenvalue weighted by molar-refractivity contribution is 6.01. The maximum Gasteiger partial charge on any atom is 0.410 e. The van der Waals surface area contributed by atoms with Gasteiger partial charge < -0.3 is 30.4 Å². The van der Waals surface area contributed by atoms with Crippen molar-refractivity contribution in [1.29, 1.82) is 0 Å². The quantitative estimate of drug-likeness (QED) is 0.887. The van der Waals surface area contributed by atoms with Crippen molar-refractivity contribution in [2.24, 2.45) is 11.5 Å². The molecule has 116 valence electrons. The number of hydrogen-bond donors (Lipinski definition) is 2. The van der Waals surface area contributed by atoms with Crippen LogP contribution in [0, 0.1) is 0 Å². The Morgan fingerprint density at radius 2 is 1.14 bits per heavy atom. The third-order valence-corrected chi connectivity index (χ3v) is 2.85. The topological polar surface area (TPSA) is 123 Å². The summed E-state index contributed by atoms with van der Waals surface area (Å²) in [5, 5.41) is 0.880. The van der Waals surface area contributed by atoms with Gasteiger partial charge in [-0.05, 0) is 0 Å². The van der Waals surface area contributed by atoms with Crippen LogP contribution < -0.4 is 30.4 Å². The number of benzene rings is 2. The van der Waals surface area contributed by atoms with E-state index in [2.05, 4.69) is 0 Å². The Morgan fingerprint density at radius 1 is 0.773 bits per heavy atom. The summed E-state index contributed by atoms with van der Waals surface area (Å²) in [7, 11) is 2.68. The van der Waals surface area contributed by atoms with Crippen LogP contribution >= 0.6 is 0 Å². The SMILES string of the molecule is COc1c(OC)c(OC(N)=O)c2ccccc2c1OC(N)=O. The monoisotopic (exact) mass is 306 g/mol. The van der Waals surface area contributed by atoms with Gasteiger partial charge in [0.15, 0.2) is 11.5 Å². The van der Waals surface area contributed by atoms with Crippen LogP contribution in [0.5, 0.6) is 23.0 Å². The Balaban J connectivity index is 2.89. The Hall–Kier alpha value is -3.16. The van der Waals surface area contributed by atoms with E-state index in [9.17, 15) is 9.59 Å². The molecule has 2 aromatic rings. The van der Waals surface area contributed by atoms with Gasteiger partial charge in [0.2, 0.25) is 11.5 Å². The molecule has 22 heavy (non-hydrogen) atoms. The Labute approximate surface area is 125 Å². The fourth-order valence-electron chi connectivity index (χ4n) is 2.10. The number of hydrogen-bond acceptors (Lipinski definition) is 6. The number of amides is 2. The summed E-state index contributed by atoms with van der Waals surface area (Å²) in [6.45, 7) is 0. The fraction of sp³-hybridized carbons (Fsp3) is 0.143. The van der Waals surface area contributed by atoms with Gasteiger partial charge in [-0.2, -0.15) is 0 Å². The minimum atomic E-state index is -1.02.